The first-order valence-electron chi connectivity index (χ1n) is 33.0. The van der Waals surface area contributed by atoms with Gasteiger partial charge in [-0.1, -0.05) is 284 Å². The summed E-state index contributed by atoms with van der Waals surface area (Å²) in [6, 6.07) is 0. The van der Waals surface area contributed by atoms with Gasteiger partial charge in [-0.2, -0.15) is 0 Å². The number of unbranched alkanes of at least 4 members (excludes halogenated alkanes) is 28. The number of hydrogen-bond donors (Lipinski definition) is 0. The summed E-state index contributed by atoms with van der Waals surface area (Å²) < 4.78 is 16.9. The van der Waals surface area contributed by atoms with Crippen LogP contribution in [0.25, 0.3) is 0 Å². The van der Waals surface area contributed by atoms with Crippen molar-refractivity contribution in [2.24, 2.45) is 0 Å². The molecule has 0 aliphatic rings. The Kier molecular flexibility index (Phi) is 62.8. The van der Waals surface area contributed by atoms with Crippen molar-refractivity contribution in [1.82, 2.24) is 0 Å². The van der Waals surface area contributed by atoms with Gasteiger partial charge in [0, 0.05) is 19.3 Å². The minimum Gasteiger partial charge on any atom is -0.462 e. The van der Waals surface area contributed by atoms with E-state index in [1.54, 1.807) is 0 Å². The van der Waals surface area contributed by atoms with E-state index in [1.165, 1.54) is 128 Å². The Morgan fingerprint density at radius 3 is 0.797 bits per heavy atom. The summed E-state index contributed by atoms with van der Waals surface area (Å²) in [4.78, 5) is 38.3. The predicted molar refractivity (Wildman–Crippen MR) is 343 cm³/mol. The van der Waals surface area contributed by atoms with Gasteiger partial charge in [-0.3, -0.25) is 14.4 Å². The molecule has 0 bridgehead atoms. The predicted octanol–water partition coefficient (Wildman–Crippen LogP) is 22.8. The van der Waals surface area contributed by atoms with Gasteiger partial charge >= 0.3 is 17.9 Å². The molecule has 0 aliphatic heterocycles. The SMILES string of the molecule is CC/C=C\C/C=C\C/C=C\C/C=C\C/C=C\CCCCCC(=O)OC(COC(=O)CCCCCCC/C=C\CCCC)COC(=O)CCCCCCCCCCCCCCCCCCCC/C=C\C/C=C\C/C=C\C/C=C\CC. The summed E-state index contributed by atoms with van der Waals surface area (Å²) in [7, 11) is 0. The number of allylic oxidation sites excluding steroid dienone is 20. The van der Waals surface area contributed by atoms with Gasteiger partial charge in [0.25, 0.3) is 0 Å². The number of esters is 3. The molecule has 6 nitrogen and oxygen atoms in total. The third-order valence-corrected chi connectivity index (χ3v) is 13.9. The average Bonchev–Trinajstić information content (AvgIpc) is 3.45. The van der Waals surface area contributed by atoms with E-state index in [0.29, 0.717) is 12.8 Å². The third kappa shape index (κ3) is 64.5. The Morgan fingerprint density at radius 1 is 0.266 bits per heavy atom. The fourth-order valence-electron chi connectivity index (χ4n) is 9.03. The lowest BCUT2D eigenvalue weighted by Crippen LogP contribution is -2.30. The number of carbonyl (C=O) groups excluding carboxylic acids is 3. The zero-order chi connectivity index (χ0) is 57.1. The van der Waals surface area contributed by atoms with E-state index < -0.39 is 6.10 Å². The number of ether oxygens (including phenoxy) is 3. The van der Waals surface area contributed by atoms with E-state index in [-0.39, 0.29) is 37.5 Å². The molecule has 0 aromatic carbocycles. The van der Waals surface area contributed by atoms with Crippen molar-refractivity contribution in [3.05, 3.63) is 122 Å². The lowest BCUT2D eigenvalue weighted by molar-refractivity contribution is -0.167. The molecular weight excluding hydrogens is 973 g/mol. The molecule has 0 spiro atoms. The maximum absolute atomic E-state index is 12.9. The van der Waals surface area contributed by atoms with Crippen molar-refractivity contribution in [2.75, 3.05) is 13.2 Å². The third-order valence-electron chi connectivity index (χ3n) is 13.9. The first-order valence-corrected chi connectivity index (χ1v) is 33.0. The molecule has 0 amide bonds. The number of carbonyl (C=O) groups is 3. The van der Waals surface area contributed by atoms with Gasteiger partial charge in [-0.25, -0.2) is 0 Å². The molecule has 0 aromatic rings. The van der Waals surface area contributed by atoms with Crippen molar-refractivity contribution < 1.29 is 28.6 Å². The van der Waals surface area contributed by atoms with Crippen LogP contribution in [0.3, 0.4) is 0 Å². The van der Waals surface area contributed by atoms with Crippen molar-refractivity contribution >= 4 is 17.9 Å². The molecule has 0 N–H and O–H groups in total. The normalized spacial score (nSPS) is 12.9. The lowest BCUT2D eigenvalue weighted by Gasteiger charge is -2.18. The highest BCUT2D eigenvalue weighted by molar-refractivity contribution is 5.71. The van der Waals surface area contributed by atoms with Gasteiger partial charge < -0.3 is 14.2 Å². The molecule has 79 heavy (non-hydrogen) atoms. The van der Waals surface area contributed by atoms with Crippen LogP contribution in [0.15, 0.2) is 122 Å². The van der Waals surface area contributed by atoms with Crippen LogP contribution in [0.5, 0.6) is 0 Å². The van der Waals surface area contributed by atoms with Crippen LogP contribution in [0.2, 0.25) is 0 Å². The molecule has 450 valence electrons. The Labute approximate surface area is 488 Å². The molecule has 6 heteroatoms. The van der Waals surface area contributed by atoms with Crippen LogP contribution >= 0.6 is 0 Å². The van der Waals surface area contributed by atoms with Crippen LogP contribution < -0.4 is 0 Å². The summed E-state index contributed by atoms with van der Waals surface area (Å²) in [5, 5.41) is 0. The van der Waals surface area contributed by atoms with E-state index in [1.807, 2.05) is 0 Å². The zero-order valence-electron chi connectivity index (χ0n) is 51.6. The highest BCUT2D eigenvalue weighted by atomic mass is 16.6. The molecule has 0 heterocycles. The fourth-order valence-corrected chi connectivity index (χ4v) is 9.03. The number of hydrogen-bond acceptors (Lipinski definition) is 6. The van der Waals surface area contributed by atoms with E-state index in [4.69, 9.17) is 14.2 Å². The summed E-state index contributed by atoms with van der Waals surface area (Å²) in [5.74, 6) is -0.930. The van der Waals surface area contributed by atoms with Gasteiger partial charge in [0.2, 0.25) is 0 Å². The van der Waals surface area contributed by atoms with E-state index in [0.717, 1.165) is 135 Å². The van der Waals surface area contributed by atoms with E-state index in [9.17, 15) is 14.4 Å². The molecule has 1 atom stereocenters. The summed E-state index contributed by atoms with van der Waals surface area (Å²) in [6.45, 7) is 6.36. The highest BCUT2D eigenvalue weighted by Crippen LogP contribution is 2.16. The number of rotatable bonds is 59. The first kappa shape index (κ1) is 74.8. The van der Waals surface area contributed by atoms with Crippen molar-refractivity contribution in [3.8, 4) is 0 Å². The molecular formula is C73H122O6. The first-order chi connectivity index (χ1) is 39.0. The fraction of sp³-hybridized carbons (Fsp3) is 0.685. The second-order valence-corrected chi connectivity index (χ2v) is 21.6. The minimum absolute atomic E-state index is 0.0938. The molecule has 0 saturated heterocycles. The minimum atomic E-state index is -0.801. The summed E-state index contributed by atoms with van der Waals surface area (Å²) >= 11 is 0. The highest BCUT2D eigenvalue weighted by Gasteiger charge is 2.19. The van der Waals surface area contributed by atoms with Crippen LogP contribution in [0, 0.1) is 0 Å². The molecule has 0 radical (unpaired) electrons. The molecule has 0 fully saturated rings. The second-order valence-electron chi connectivity index (χ2n) is 21.6. The Balaban J connectivity index is 4.22. The maximum Gasteiger partial charge on any atom is 0.306 e. The Bertz CT molecular complexity index is 1640. The maximum atomic E-state index is 12.9. The molecule has 0 aliphatic carbocycles. The largest absolute Gasteiger partial charge is 0.462 e. The monoisotopic (exact) mass is 1090 g/mol. The van der Waals surface area contributed by atoms with Crippen LogP contribution in [-0.2, 0) is 28.6 Å². The van der Waals surface area contributed by atoms with Crippen LogP contribution in [-0.4, -0.2) is 37.2 Å². The van der Waals surface area contributed by atoms with Crippen molar-refractivity contribution in [2.45, 2.75) is 309 Å². The van der Waals surface area contributed by atoms with Crippen LogP contribution in [0.1, 0.15) is 303 Å². The quantitative estimate of drug-likeness (QED) is 0.0261. The Morgan fingerprint density at radius 2 is 0.494 bits per heavy atom. The standard InChI is InChI=1S/C73H122O6/c1-4-7-10-13-16-19-22-24-26-28-30-31-32-33-34-35-36-37-38-39-40-41-43-44-46-48-51-54-57-60-63-66-72(75)78-69-70(68-77-71(74)65-62-59-56-53-50-21-18-15-12-9-6-3)79-73(76)67-64-61-58-55-52-49-47-45-42-29-27-25-23-20-17-14-11-8-5-2/h7-8,10-11,15-20,24-27,30-31,42,45,49,52,70H,4-6,9,12-14,21-23,28-29,32-41,43-44,46-48,50-51,53-69H2,1-3H3/b10-7-,11-8-,18-15-,19-16-,20-17-,26-24-,27-25-,31-30-,45-42-,52-49-. The van der Waals surface area contributed by atoms with Gasteiger partial charge in [0.15, 0.2) is 6.10 Å². The second kappa shape index (κ2) is 66.3. The molecule has 0 saturated carbocycles. The molecule has 0 rings (SSSR count). The van der Waals surface area contributed by atoms with Gasteiger partial charge in [0.05, 0.1) is 0 Å². The van der Waals surface area contributed by atoms with Gasteiger partial charge in [-0.15, -0.1) is 0 Å². The van der Waals surface area contributed by atoms with E-state index >= 15 is 0 Å². The van der Waals surface area contributed by atoms with Gasteiger partial charge in [0.1, 0.15) is 13.2 Å². The molecule has 0 aromatic heterocycles. The topological polar surface area (TPSA) is 78.9 Å². The van der Waals surface area contributed by atoms with E-state index in [2.05, 4.69) is 142 Å². The lowest BCUT2D eigenvalue weighted by atomic mass is 10.0. The zero-order valence-corrected chi connectivity index (χ0v) is 51.6. The Hall–Kier alpha value is -4.19. The smallest absolute Gasteiger partial charge is 0.306 e. The summed E-state index contributed by atoms with van der Waals surface area (Å²) in [6.07, 6.45) is 92.3. The van der Waals surface area contributed by atoms with Crippen molar-refractivity contribution in [3.63, 3.8) is 0 Å². The van der Waals surface area contributed by atoms with Gasteiger partial charge in [-0.05, 0) is 122 Å². The average molecular weight is 1100 g/mol. The molecule has 1 unspecified atom stereocenters. The van der Waals surface area contributed by atoms with Crippen molar-refractivity contribution in [1.29, 1.82) is 0 Å². The summed E-state index contributed by atoms with van der Waals surface area (Å²) in [5.41, 5.74) is 0. The van der Waals surface area contributed by atoms with Crippen LogP contribution in [0.4, 0.5) is 0 Å².